The highest BCUT2D eigenvalue weighted by Crippen LogP contribution is 2.22. The molecule has 0 aliphatic carbocycles. The number of methoxy groups -OCH3 is 1. The second-order valence-corrected chi connectivity index (χ2v) is 6.89. The smallest absolute Gasteiger partial charge is 0.219 e. The van der Waals surface area contributed by atoms with Crippen molar-refractivity contribution >= 4 is 47.4 Å². The van der Waals surface area contributed by atoms with Gasteiger partial charge in [-0.2, -0.15) is 0 Å². The number of carbonyl (C=O) groups is 1. The molecule has 0 bridgehead atoms. The first-order valence-electron chi connectivity index (χ1n) is 9.28. The van der Waals surface area contributed by atoms with Gasteiger partial charge in [-0.3, -0.25) is 14.7 Å². The molecule has 0 unspecified atom stereocenters. The number of aliphatic imine (C=N–C) groups is 1. The first-order valence-corrected chi connectivity index (χ1v) is 9.66. The normalized spacial score (nSPS) is 15.0. The number of halogens is 2. The van der Waals surface area contributed by atoms with Crippen molar-refractivity contribution in [1.82, 2.24) is 20.4 Å². The van der Waals surface area contributed by atoms with Crippen LogP contribution in [0.1, 0.15) is 12.5 Å². The fourth-order valence-corrected chi connectivity index (χ4v) is 3.28. The molecule has 158 valence electrons. The van der Waals surface area contributed by atoms with Crippen LogP contribution < -0.4 is 15.4 Å². The monoisotopic (exact) mass is 523 g/mol. The zero-order valence-corrected chi connectivity index (χ0v) is 19.9. The largest absolute Gasteiger partial charge is 0.497 e. The SMILES string of the molecule is CN=C(NCCc1ccc(OC)cc1Cl)NCCN1CCN(C(C)=O)CC1.I. The van der Waals surface area contributed by atoms with Gasteiger partial charge >= 0.3 is 0 Å². The van der Waals surface area contributed by atoms with Gasteiger partial charge in [0.05, 0.1) is 7.11 Å². The number of ether oxygens (including phenoxy) is 1. The Morgan fingerprint density at radius 2 is 1.89 bits per heavy atom. The molecule has 9 heteroatoms. The van der Waals surface area contributed by atoms with E-state index in [2.05, 4.69) is 20.5 Å². The van der Waals surface area contributed by atoms with Gasteiger partial charge in [0, 0.05) is 64.8 Å². The third-order valence-corrected chi connectivity index (χ3v) is 5.06. The van der Waals surface area contributed by atoms with E-state index in [1.165, 1.54) is 0 Å². The molecule has 1 aliphatic heterocycles. The summed E-state index contributed by atoms with van der Waals surface area (Å²) in [6.45, 7) is 7.57. The minimum absolute atomic E-state index is 0. The van der Waals surface area contributed by atoms with Crippen molar-refractivity contribution in [2.75, 3.05) is 60.0 Å². The molecule has 0 spiro atoms. The fourth-order valence-electron chi connectivity index (χ4n) is 3.01. The first-order chi connectivity index (χ1) is 13.0. The summed E-state index contributed by atoms with van der Waals surface area (Å²) >= 11 is 6.27. The molecule has 0 aromatic heterocycles. The molecule has 1 amide bonds. The van der Waals surface area contributed by atoms with E-state index in [0.29, 0.717) is 5.02 Å². The van der Waals surface area contributed by atoms with Gasteiger partial charge in [-0.05, 0) is 24.1 Å². The highest BCUT2D eigenvalue weighted by Gasteiger charge is 2.17. The number of piperazine rings is 1. The summed E-state index contributed by atoms with van der Waals surface area (Å²) in [4.78, 5) is 19.9. The van der Waals surface area contributed by atoms with E-state index >= 15 is 0 Å². The number of nitrogens with zero attached hydrogens (tertiary/aromatic N) is 3. The molecule has 0 atom stereocenters. The second kappa shape index (κ2) is 13.1. The molecule has 1 aliphatic rings. The van der Waals surface area contributed by atoms with Crippen LogP contribution in [0.25, 0.3) is 0 Å². The number of carbonyl (C=O) groups excluding carboxylic acids is 1. The summed E-state index contributed by atoms with van der Waals surface area (Å²) in [5.41, 5.74) is 1.07. The molecular weight excluding hydrogens is 493 g/mol. The highest BCUT2D eigenvalue weighted by atomic mass is 127. The number of guanidine groups is 1. The van der Waals surface area contributed by atoms with Crippen LogP contribution in [0.5, 0.6) is 5.75 Å². The van der Waals surface area contributed by atoms with Crippen LogP contribution >= 0.6 is 35.6 Å². The van der Waals surface area contributed by atoms with Gasteiger partial charge in [0.2, 0.25) is 5.91 Å². The lowest BCUT2D eigenvalue weighted by atomic mass is 10.1. The van der Waals surface area contributed by atoms with E-state index in [1.54, 1.807) is 21.1 Å². The van der Waals surface area contributed by atoms with E-state index in [4.69, 9.17) is 16.3 Å². The van der Waals surface area contributed by atoms with Crippen molar-refractivity contribution in [2.24, 2.45) is 4.99 Å². The topological polar surface area (TPSA) is 69.2 Å². The predicted octanol–water partition coefficient (Wildman–Crippen LogP) is 1.84. The van der Waals surface area contributed by atoms with Crippen LogP contribution in [-0.4, -0.2) is 81.6 Å². The van der Waals surface area contributed by atoms with Crippen molar-refractivity contribution in [2.45, 2.75) is 13.3 Å². The third-order valence-electron chi connectivity index (χ3n) is 4.71. The maximum Gasteiger partial charge on any atom is 0.219 e. The van der Waals surface area contributed by atoms with Crippen LogP contribution in [0.2, 0.25) is 5.02 Å². The molecule has 1 saturated heterocycles. The highest BCUT2D eigenvalue weighted by molar-refractivity contribution is 14.0. The lowest BCUT2D eigenvalue weighted by Gasteiger charge is -2.34. The lowest BCUT2D eigenvalue weighted by molar-refractivity contribution is -0.130. The Bertz CT molecular complexity index is 651. The number of rotatable bonds is 7. The average Bonchev–Trinajstić information content (AvgIpc) is 2.68. The minimum Gasteiger partial charge on any atom is -0.497 e. The van der Waals surface area contributed by atoms with E-state index < -0.39 is 0 Å². The molecule has 28 heavy (non-hydrogen) atoms. The molecular formula is C19H31ClIN5O2. The van der Waals surface area contributed by atoms with Crippen LogP contribution in [0.4, 0.5) is 0 Å². The van der Waals surface area contributed by atoms with E-state index in [0.717, 1.165) is 69.5 Å². The zero-order chi connectivity index (χ0) is 19.6. The van der Waals surface area contributed by atoms with Crippen molar-refractivity contribution in [3.05, 3.63) is 28.8 Å². The Morgan fingerprint density at radius 1 is 1.21 bits per heavy atom. The standard InChI is InChI=1S/C19H30ClN5O2.HI/c1-15(26)25-12-10-24(11-13-25)9-8-23-19(21-2)22-7-6-16-4-5-17(27-3)14-18(16)20;/h4-5,14H,6-13H2,1-3H3,(H2,21,22,23);1H. The minimum atomic E-state index is 0. The Kier molecular flexibility index (Phi) is 11.6. The van der Waals surface area contributed by atoms with Gasteiger partial charge in [-0.25, -0.2) is 0 Å². The van der Waals surface area contributed by atoms with Crippen LogP contribution in [-0.2, 0) is 11.2 Å². The summed E-state index contributed by atoms with van der Waals surface area (Å²) in [6.07, 6.45) is 0.802. The summed E-state index contributed by atoms with van der Waals surface area (Å²) in [6, 6.07) is 5.73. The predicted molar refractivity (Wildman–Crippen MR) is 125 cm³/mol. The Labute approximate surface area is 189 Å². The fraction of sp³-hybridized carbons (Fsp3) is 0.579. The maximum atomic E-state index is 11.4. The maximum absolute atomic E-state index is 11.4. The van der Waals surface area contributed by atoms with Crippen molar-refractivity contribution in [3.8, 4) is 5.75 Å². The first kappa shape index (κ1) is 24.8. The summed E-state index contributed by atoms with van der Waals surface area (Å²) in [7, 11) is 3.40. The van der Waals surface area contributed by atoms with Gasteiger partial charge in [-0.15, -0.1) is 24.0 Å². The Morgan fingerprint density at radius 3 is 2.46 bits per heavy atom. The number of amides is 1. The van der Waals surface area contributed by atoms with Crippen LogP contribution in [0.15, 0.2) is 23.2 Å². The Balaban J connectivity index is 0.00000392. The molecule has 1 heterocycles. The van der Waals surface area contributed by atoms with Gasteiger partial charge in [0.1, 0.15) is 5.75 Å². The Hall–Kier alpha value is -1.26. The molecule has 1 fully saturated rings. The molecule has 0 saturated carbocycles. The lowest BCUT2D eigenvalue weighted by Crippen LogP contribution is -2.50. The van der Waals surface area contributed by atoms with E-state index in [1.807, 2.05) is 23.1 Å². The number of benzene rings is 1. The summed E-state index contributed by atoms with van der Waals surface area (Å²) in [5, 5.41) is 7.36. The summed E-state index contributed by atoms with van der Waals surface area (Å²) in [5.74, 6) is 1.70. The molecule has 2 N–H and O–H groups in total. The van der Waals surface area contributed by atoms with Gasteiger partial charge in [0.25, 0.3) is 0 Å². The molecule has 0 radical (unpaired) electrons. The average molecular weight is 524 g/mol. The quantitative estimate of drug-likeness (QED) is 0.324. The van der Waals surface area contributed by atoms with E-state index in [9.17, 15) is 4.79 Å². The molecule has 7 nitrogen and oxygen atoms in total. The number of hydrogen-bond acceptors (Lipinski definition) is 4. The van der Waals surface area contributed by atoms with Gasteiger partial charge < -0.3 is 20.3 Å². The molecule has 2 rings (SSSR count). The van der Waals surface area contributed by atoms with Crippen molar-refractivity contribution in [3.63, 3.8) is 0 Å². The molecule has 1 aromatic carbocycles. The number of hydrogen-bond donors (Lipinski definition) is 2. The van der Waals surface area contributed by atoms with Gasteiger partial charge in [-0.1, -0.05) is 17.7 Å². The zero-order valence-electron chi connectivity index (χ0n) is 16.8. The van der Waals surface area contributed by atoms with Crippen LogP contribution in [0, 0.1) is 0 Å². The number of nitrogens with one attached hydrogen (secondary N) is 2. The van der Waals surface area contributed by atoms with Crippen LogP contribution in [0.3, 0.4) is 0 Å². The summed E-state index contributed by atoms with van der Waals surface area (Å²) < 4.78 is 5.17. The van der Waals surface area contributed by atoms with Crippen molar-refractivity contribution in [1.29, 1.82) is 0 Å². The van der Waals surface area contributed by atoms with E-state index in [-0.39, 0.29) is 29.9 Å². The van der Waals surface area contributed by atoms with Crippen molar-refractivity contribution < 1.29 is 9.53 Å². The van der Waals surface area contributed by atoms with Gasteiger partial charge in [0.15, 0.2) is 5.96 Å². The third kappa shape index (κ3) is 8.00. The second-order valence-electron chi connectivity index (χ2n) is 6.48. The molecule has 1 aromatic rings.